The zero-order valence-corrected chi connectivity index (χ0v) is 11.2. The Bertz CT molecular complexity index is 328. The van der Waals surface area contributed by atoms with Gasteiger partial charge >= 0.3 is 0 Å². The molecular formula is C13H23N3O. The van der Waals surface area contributed by atoms with Gasteiger partial charge in [-0.15, -0.1) is 0 Å². The Morgan fingerprint density at radius 2 is 2.12 bits per heavy atom. The largest absolute Gasteiger partial charge is 0.370 e. The Hall–Kier alpha value is -1.16. The topological polar surface area (TPSA) is 47.0 Å². The van der Waals surface area contributed by atoms with E-state index in [2.05, 4.69) is 36.1 Å². The molecule has 0 spiro atoms. The lowest BCUT2D eigenvalue weighted by atomic mass is 10.1. The minimum Gasteiger partial charge on any atom is -0.370 e. The third-order valence-corrected chi connectivity index (χ3v) is 2.44. The summed E-state index contributed by atoms with van der Waals surface area (Å²) in [4.78, 5) is 8.81. The Kier molecular flexibility index (Phi) is 5.91. The number of aromatic nitrogens is 2. The van der Waals surface area contributed by atoms with Gasteiger partial charge in [-0.25, -0.2) is 9.97 Å². The third kappa shape index (κ3) is 4.30. The first-order valence-electron chi connectivity index (χ1n) is 6.37. The van der Waals surface area contributed by atoms with E-state index in [1.54, 1.807) is 6.20 Å². The van der Waals surface area contributed by atoms with E-state index in [0.717, 1.165) is 24.6 Å². The molecule has 17 heavy (non-hydrogen) atoms. The van der Waals surface area contributed by atoms with Crippen molar-refractivity contribution in [1.82, 2.24) is 9.97 Å². The van der Waals surface area contributed by atoms with Crippen LogP contribution in [0.1, 0.15) is 46.0 Å². The van der Waals surface area contributed by atoms with Gasteiger partial charge in [0.25, 0.3) is 0 Å². The Morgan fingerprint density at radius 3 is 2.71 bits per heavy atom. The van der Waals surface area contributed by atoms with Crippen LogP contribution in [0.3, 0.4) is 0 Å². The van der Waals surface area contributed by atoms with Crippen LogP contribution in [0.5, 0.6) is 0 Å². The van der Waals surface area contributed by atoms with Gasteiger partial charge < -0.3 is 10.1 Å². The van der Waals surface area contributed by atoms with Gasteiger partial charge in [-0.3, -0.25) is 0 Å². The van der Waals surface area contributed by atoms with Crippen molar-refractivity contribution in [2.24, 2.45) is 5.92 Å². The van der Waals surface area contributed by atoms with E-state index in [9.17, 15) is 0 Å². The van der Waals surface area contributed by atoms with Crippen LogP contribution < -0.4 is 5.32 Å². The number of nitrogens with zero attached hydrogens (tertiary/aromatic N) is 2. The molecule has 0 aliphatic carbocycles. The van der Waals surface area contributed by atoms with Crippen LogP contribution in [-0.4, -0.2) is 23.1 Å². The molecule has 1 heterocycles. The van der Waals surface area contributed by atoms with E-state index in [-0.39, 0.29) is 6.10 Å². The molecule has 1 atom stereocenters. The van der Waals surface area contributed by atoms with Crippen molar-refractivity contribution in [3.05, 3.63) is 18.1 Å². The molecule has 1 aromatic heterocycles. The number of ether oxygens (including phenoxy) is 1. The molecule has 1 N–H and O–H groups in total. The summed E-state index contributed by atoms with van der Waals surface area (Å²) in [5.74, 6) is 2.02. The highest BCUT2D eigenvalue weighted by molar-refractivity contribution is 5.32. The molecule has 0 aliphatic heterocycles. The summed E-state index contributed by atoms with van der Waals surface area (Å²) in [5, 5.41) is 3.26. The summed E-state index contributed by atoms with van der Waals surface area (Å²) in [5.41, 5.74) is 0. The van der Waals surface area contributed by atoms with E-state index in [0.29, 0.717) is 12.5 Å². The first-order valence-corrected chi connectivity index (χ1v) is 6.37. The predicted molar refractivity (Wildman–Crippen MR) is 70.0 cm³/mol. The second-order valence-corrected chi connectivity index (χ2v) is 4.35. The lowest BCUT2D eigenvalue weighted by Crippen LogP contribution is -2.15. The summed E-state index contributed by atoms with van der Waals surface area (Å²) < 4.78 is 5.70. The van der Waals surface area contributed by atoms with Gasteiger partial charge in [0, 0.05) is 19.3 Å². The summed E-state index contributed by atoms with van der Waals surface area (Å²) in [6.07, 6.45) is 2.84. The summed E-state index contributed by atoms with van der Waals surface area (Å²) in [6, 6.07) is 1.89. The van der Waals surface area contributed by atoms with E-state index in [4.69, 9.17) is 4.74 Å². The zero-order chi connectivity index (χ0) is 12.7. The fraction of sp³-hybridized carbons (Fsp3) is 0.692. The van der Waals surface area contributed by atoms with Gasteiger partial charge in [-0.2, -0.15) is 0 Å². The highest BCUT2D eigenvalue weighted by atomic mass is 16.5. The van der Waals surface area contributed by atoms with Crippen molar-refractivity contribution in [2.45, 2.75) is 40.2 Å². The normalized spacial score (nSPS) is 12.8. The molecule has 0 fully saturated rings. The smallest absolute Gasteiger partial charge is 0.159 e. The maximum atomic E-state index is 5.70. The first-order chi connectivity index (χ1) is 8.19. The van der Waals surface area contributed by atoms with Crippen LogP contribution in [-0.2, 0) is 4.74 Å². The average Bonchev–Trinajstić information content (AvgIpc) is 2.33. The average molecular weight is 237 g/mol. The van der Waals surface area contributed by atoms with Crippen LogP contribution in [0.2, 0.25) is 0 Å². The Balaban J connectivity index is 2.80. The van der Waals surface area contributed by atoms with Crippen molar-refractivity contribution in [2.75, 3.05) is 18.5 Å². The van der Waals surface area contributed by atoms with Gasteiger partial charge in [0.1, 0.15) is 11.9 Å². The van der Waals surface area contributed by atoms with Crippen molar-refractivity contribution >= 4 is 5.82 Å². The Labute approximate surface area is 104 Å². The van der Waals surface area contributed by atoms with E-state index in [1.807, 2.05) is 13.0 Å². The molecule has 0 radical (unpaired) electrons. The molecule has 1 rings (SSSR count). The lowest BCUT2D eigenvalue weighted by Gasteiger charge is -2.19. The summed E-state index contributed by atoms with van der Waals surface area (Å²) in [6.45, 7) is 9.97. The van der Waals surface area contributed by atoms with E-state index >= 15 is 0 Å². The summed E-state index contributed by atoms with van der Waals surface area (Å²) in [7, 11) is 0. The molecule has 0 aliphatic rings. The third-order valence-electron chi connectivity index (χ3n) is 2.44. The highest BCUT2D eigenvalue weighted by Gasteiger charge is 2.19. The van der Waals surface area contributed by atoms with Crippen molar-refractivity contribution < 1.29 is 4.74 Å². The van der Waals surface area contributed by atoms with Gasteiger partial charge in [0.2, 0.25) is 0 Å². The standard InChI is InChI=1S/C13H23N3O/c1-5-8-14-11-7-9-15-13(16-11)12(10(3)4)17-6-2/h7,9-10,12H,5-6,8H2,1-4H3,(H,14,15,16). The number of hydrogen-bond acceptors (Lipinski definition) is 4. The number of hydrogen-bond donors (Lipinski definition) is 1. The van der Waals surface area contributed by atoms with Crippen molar-refractivity contribution in [3.8, 4) is 0 Å². The molecular weight excluding hydrogens is 214 g/mol. The molecule has 4 heteroatoms. The molecule has 1 unspecified atom stereocenters. The van der Waals surface area contributed by atoms with E-state index < -0.39 is 0 Å². The highest BCUT2D eigenvalue weighted by Crippen LogP contribution is 2.23. The van der Waals surface area contributed by atoms with Crippen LogP contribution >= 0.6 is 0 Å². The minimum atomic E-state index is -0.0247. The molecule has 4 nitrogen and oxygen atoms in total. The number of nitrogens with one attached hydrogen (secondary N) is 1. The fourth-order valence-electron chi connectivity index (χ4n) is 1.61. The van der Waals surface area contributed by atoms with Gasteiger partial charge in [-0.05, 0) is 25.3 Å². The van der Waals surface area contributed by atoms with Crippen molar-refractivity contribution in [3.63, 3.8) is 0 Å². The maximum Gasteiger partial charge on any atom is 0.159 e. The van der Waals surface area contributed by atoms with Crippen LogP contribution in [0.25, 0.3) is 0 Å². The van der Waals surface area contributed by atoms with Crippen LogP contribution in [0.4, 0.5) is 5.82 Å². The predicted octanol–water partition coefficient (Wildman–Crippen LogP) is 3.03. The number of anilines is 1. The lowest BCUT2D eigenvalue weighted by molar-refractivity contribution is 0.0233. The molecule has 0 amide bonds. The molecule has 0 saturated carbocycles. The van der Waals surface area contributed by atoms with E-state index in [1.165, 1.54) is 0 Å². The zero-order valence-electron chi connectivity index (χ0n) is 11.2. The number of rotatable bonds is 7. The van der Waals surface area contributed by atoms with Crippen molar-refractivity contribution in [1.29, 1.82) is 0 Å². The molecule has 0 saturated heterocycles. The Morgan fingerprint density at radius 1 is 1.35 bits per heavy atom. The fourth-order valence-corrected chi connectivity index (χ4v) is 1.61. The molecule has 0 bridgehead atoms. The SMILES string of the molecule is CCCNc1ccnc(C(OCC)C(C)C)n1. The molecule has 96 valence electrons. The molecule has 1 aromatic rings. The van der Waals surface area contributed by atoms with Gasteiger partial charge in [0.15, 0.2) is 5.82 Å². The second-order valence-electron chi connectivity index (χ2n) is 4.35. The van der Waals surface area contributed by atoms with Gasteiger partial charge in [0.05, 0.1) is 0 Å². The van der Waals surface area contributed by atoms with Crippen LogP contribution in [0, 0.1) is 5.92 Å². The quantitative estimate of drug-likeness (QED) is 0.792. The van der Waals surface area contributed by atoms with Gasteiger partial charge in [-0.1, -0.05) is 20.8 Å². The first kappa shape index (κ1) is 13.9. The minimum absolute atomic E-state index is 0.0247. The van der Waals surface area contributed by atoms with Crippen LogP contribution in [0.15, 0.2) is 12.3 Å². The monoisotopic (exact) mass is 237 g/mol. The summed E-state index contributed by atoms with van der Waals surface area (Å²) >= 11 is 0. The second kappa shape index (κ2) is 7.22. The molecule has 0 aromatic carbocycles. The maximum absolute atomic E-state index is 5.70.